The van der Waals surface area contributed by atoms with Gasteiger partial charge in [0.05, 0.1) is 5.69 Å². The first-order valence-corrected chi connectivity index (χ1v) is 5.24. The molecule has 0 amide bonds. The number of thiazole rings is 1. The van der Waals surface area contributed by atoms with E-state index in [0.29, 0.717) is 6.04 Å². The van der Waals surface area contributed by atoms with Crippen LogP contribution in [-0.2, 0) is 13.0 Å². The monoisotopic (exact) mass is 232 g/mol. The third kappa shape index (κ3) is 1.48. The van der Waals surface area contributed by atoms with E-state index < -0.39 is 0 Å². The number of hydrogen-bond donors (Lipinski definition) is 1. The predicted molar refractivity (Wildman–Crippen MR) is 49.8 cm³/mol. The maximum absolute atomic E-state index is 4.40. The second-order valence-electron chi connectivity index (χ2n) is 2.82. The molecule has 2 heterocycles. The van der Waals surface area contributed by atoms with Crippen molar-refractivity contribution in [2.75, 3.05) is 0 Å². The summed E-state index contributed by atoms with van der Waals surface area (Å²) < 4.78 is 1.01. The van der Waals surface area contributed by atoms with E-state index in [0.717, 1.165) is 16.9 Å². The van der Waals surface area contributed by atoms with Crippen molar-refractivity contribution in [2.24, 2.45) is 0 Å². The average molecular weight is 233 g/mol. The Kier molecular flexibility index (Phi) is 1.99. The molecule has 0 aromatic carbocycles. The van der Waals surface area contributed by atoms with Crippen molar-refractivity contribution in [2.45, 2.75) is 25.9 Å². The minimum atomic E-state index is 0.580. The Labute approximate surface area is 78.2 Å². The van der Waals surface area contributed by atoms with Gasteiger partial charge in [-0.15, -0.1) is 11.3 Å². The van der Waals surface area contributed by atoms with Crippen molar-refractivity contribution in [3.63, 3.8) is 0 Å². The highest BCUT2D eigenvalue weighted by Gasteiger charge is 2.17. The number of aromatic nitrogens is 1. The number of fused-ring (bicyclic) bond motifs is 1. The van der Waals surface area contributed by atoms with Crippen LogP contribution in [0.15, 0.2) is 3.92 Å². The maximum atomic E-state index is 4.40. The molecule has 2 rings (SSSR count). The summed E-state index contributed by atoms with van der Waals surface area (Å²) in [6.07, 6.45) is 1.07. The van der Waals surface area contributed by atoms with Crippen LogP contribution >= 0.6 is 27.3 Å². The fourth-order valence-corrected chi connectivity index (χ4v) is 2.84. The molecule has 0 saturated carbocycles. The molecule has 1 aromatic rings. The molecule has 1 atom stereocenters. The van der Waals surface area contributed by atoms with E-state index in [1.165, 1.54) is 10.6 Å². The van der Waals surface area contributed by atoms with Crippen LogP contribution in [0, 0.1) is 0 Å². The first-order valence-electron chi connectivity index (χ1n) is 3.63. The fourth-order valence-electron chi connectivity index (χ4n) is 1.28. The van der Waals surface area contributed by atoms with Crippen LogP contribution in [0.4, 0.5) is 0 Å². The van der Waals surface area contributed by atoms with Crippen molar-refractivity contribution in [3.8, 4) is 0 Å². The summed E-state index contributed by atoms with van der Waals surface area (Å²) in [4.78, 5) is 5.78. The number of hydrogen-bond acceptors (Lipinski definition) is 3. The minimum Gasteiger partial charge on any atom is -0.309 e. The standard InChI is InChI=1S/C7H9BrN2S/c1-4-2-5-6(3-9-4)11-7(8)10-5/h4,9H,2-3H2,1H3/t4-/m0/s1. The molecule has 2 nitrogen and oxygen atoms in total. The van der Waals surface area contributed by atoms with Gasteiger partial charge in [0.15, 0.2) is 3.92 Å². The zero-order valence-corrected chi connectivity index (χ0v) is 8.63. The minimum absolute atomic E-state index is 0.580. The van der Waals surface area contributed by atoms with Gasteiger partial charge in [-0.3, -0.25) is 0 Å². The van der Waals surface area contributed by atoms with Crippen LogP contribution in [0.3, 0.4) is 0 Å². The molecule has 0 spiro atoms. The average Bonchev–Trinajstić information content (AvgIpc) is 2.27. The van der Waals surface area contributed by atoms with Crippen LogP contribution < -0.4 is 5.32 Å². The highest BCUT2D eigenvalue weighted by molar-refractivity contribution is 9.11. The van der Waals surface area contributed by atoms with Crippen molar-refractivity contribution in [3.05, 3.63) is 14.5 Å². The van der Waals surface area contributed by atoms with Gasteiger partial charge >= 0.3 is 0 Å². The topological polar surface area (TPSA) is 24.9 Å². The van der Waals surface area contributed by atoms with Gasteiger partial charge in [-0.05, 0) is 22.9 Å². The molecule has 0 fully saturated rings. The lowest BCUT2D eigenvalue weighted by Gasteiger charge is -2.18. The summed E-state index contributed by atoms with van der Waals surface area (Å²) in [6, 6.07) is 0.580. The highest BCUT2D eigenvalue weighted by atomic mass is 79.9. The quantitative estimate of drug-likeness (QED) is 0.740. The normalized spacial score (nSPS) is 23.3. The Hall–Kier alpha value is 0.0700. The smallest absolute Gasteiger partial charge is 0.159 e. The molecule has 1 N–H and O–H groups in total. The van der Waals surface area contributed by atoms with E-state index in [4.69, 9.17) is 0 Å². The van der Waals surface area contributed by atoms with Crippen molar-refractivity contribution in [1.29, 1.82) is 0 Å². The van der Waals surface area contributed by atoms with Gasteiger partial charge < -0.3 is 5.32 Å². The molecule has 60 valence electrons. The van der Waals surface area contributed by atoms with Gasteiger partial charge in [-0.2, -0.15) is 0 Å². The van der Waals surface area contributed by atoms with E-state index in [-0.39, 0.29) is 0 Å². The lowest BCUT2D eigenvalue weighted by molar-refractivity contribution is 0.512. The van der Waals surface area contributed by atoms with E-state index in [1.54, 1.807) is 11.3 Å². The summed E-state index contributed by atoms with van der Waals surface area (Å²) >= 11 is 5.13. The van der Waals surface area contributed by atoms with Crippen LogP contribution in [0.5, 0.6) is 0 Å². The first kappa shape index (κ1) is 7.71. The van der Waals surface area contributed by atoms with Gasteiger partial charge in [-0.1, -0.05) is 0 Å². The van der Waals surface area contributed by atoms with Gasteiger partial charge in [0.2, 0.25) is 0 Å². The molecule has 1 aliphatic rings. The number of halogens is 1. The SMILES string of the molecule is C[C@H]1Cc2nc(Br)sc2CN1. The molecular weight excluding hydrogens is 224 g/mol. The molecule has 0 saturated heterocycles. The zero-order valence-electron chi connectivity index (χ0n) is 6.22. The highest BCUT2D eigenvalue weighted by Crippen LogP contribution is 2.26. The summed E-state index contributed by atoms with van der Waals surface area (Å²) in [6.45, 7) is 3.18. The Bertz CT molecular complexity index is 271. The summed E-state index contributed by atoms with van der Waals surface area (Å²) in [5, 5.41) is 3.40. The van der Waals surface area contributed by atoms with E-state index in [9.17, 15) is 0 Å². The fraction of sp³-hybridized carbons (Fsp3) is 0.571. The van der Waals surface area contributed by atoms with E-state index in [1.807, 2.05) is 0 Å². The van der Waals surface area contributed by atoms with E-state index >= 15 is 0 Å². The number of nitrogens with one attached hydrogen (secondary N) is 1. The number of rotatable bonds is 0. The second-order valence-corrected chi connectivity index (χ2v) is 5.18. The van der Waals surface area contributed by atoms with Crippen molar-refractivity contribution >= 4 is 27.3 Å². The summed E-state index contributed by atoms with van der Waals surface area (Å²) in [7, 11) is 0. The lowest BCUT2D eigenvalue weighted by Crippen LogP contribution is -2.32. The molecule has 0 radical (unpaired) electrons. The largest absolute Gasteiger partial charge is 0.309 e. The zero-order chi connectivity index (χ0) is 7.84. The number of nitrogens with zero attached hydrogens (tertiary/aromatic N) is 1. The molecular formula is C7H9BrN2S. The molecule has 0 unspecified atom stereocenters. The van der Waals surface area contributed by atoms with Gasteiger partial charge in [0, 0.05) is 23.9 Å². The van der Waals surface area contributed by atoms with Crippen LogP contribution in [-0.4, -0.2) is 11.0 Å². The molecule has 1 aromatic heterocycles. The molecule has 4 heteroatoms. The van der Waals surface area contributed by atoms with Gasteiger partial charge in [0.1, 0.15) is 0 Å². The summed E-state index contributed by atoms with van der Waals surface area (Å²) in [5.74, 6) is 0. The molecule has 0 bridgehead atoms. The summed E-state index contributed by atoms with van der Waals surface area (Å²) in [5.41, 5.74) is 1.27. The maximum Gasteiger partial charge on any atom is 0.159 e. The van der Waals surface area contributed by atoms with Crippen LogP contribution in [0.25, 0.3) is 0 Å². The van der Waals surface area contributed by atoms with Crippen LogP contribution in [0.2, 0.25) is 0 Å². The van der Waals surface area contributed by atoms with Crippen molar-refractivity contribution in [1.82, 2.24) is 10.3 Å². The third-order valence-electron chi connectivity index (χ3n) is 1.86. The Morgan fingerprint density at radius 2 is 2.55 bits per heavy atom. The third-order valence-corrected chi connectivity index (χ3v) is 3.41. The van der Waals surface area contributed by atoms with Gasteiger partial charge in [0.25, 0.3) is 0 Å². The van der Waals surface area contributed by atoms with E-state index in [2.05, 4.69) is 33.2 Å². The second kappa shape index (κ2) is 2.84. The van der Waals surface area contributed by atoms with Gasteiger partial charge in [-0.25, -0.2) is 4.98 Å². The van der Waals surface area contributed by atoms with Crippen LogP contribution in [0.1, 0.15) is 17.5 Å². The molecule has 1 aliphatic heterocycles. The Morgan fingerprint density at radius 3 is 3.36 bits per heavy atom. The lowest BCUT2D eigenvalue weighted by atomic mass is 10.1. The van der Waals surface area contributed by atoms with Crippen molar-refractivity contribution < 1.29 is 0 Å². The first-order chi connectivity index (χ1) is 5.25. The molecule has 0 aliphatic carbocycles. The Morgan fingerprint density at radius 1 is 1.73 bits per heavy atom. The predicted octanol–water partition coefficient (Wildman–Crippen LogP) is 1.94. The molecule has 11 heavy (non-hydrogen) atoms. The Balaban J connectivity index is 2.34.